The third-order valence-electron chi connectivity index (χ3n) is 3.17. The van der Waals surface area contributed by atoms with E-state index in [0.717, 1.165) is 25.8 Å². The van der Waals surface area contributed by atoms with E-state index >= 15 is 0 Å². The van der Waals surface area contributed by atoms with Gasteiger partial charge in [-0.05, 0) is 38.3 Å². The van der Waals surface area contributed by atoms with Gasteiger partial charge in [0.05, 0.1) is 6.61 Å². The van der Waals surface area contributed by atoms with Crippen molar-refractivity contribution in [1.82, 2.24) is 5.32 Å². The number of benzene rings is 1. The average molecular weight is 221 g/mol. The van der Waals surface area contributed by atoms with Crippen LogP contribution < -0.4 is 5.32 Å². The van der Waals surface area contributed by atoms with Crippen LogP contribution in [0, 0.1) is 0 Å². The second-order valence-corrected chi connectivity index (χ2v) is 4.59. The fraction of sp³-hybridized carbons (Fsp3) is 0.571. The van der Waals surface area contributed by atoms with Crippen molar-refractivity contribution in [2.75, 3.05) is 13.2 Å². The minimum atomic E-state index is -0.114. The quantitative estimate of drug-likeness (QED) is 0.693. The molecule has 0 saturated carbocycles. The van der Waals surface area contributed by atoms with E-state index in [1.165, 1.54) is 5.56 Å². The van der Waals surface area contributed by atoms with Crippen molar-refractivity contribution in [3.8, 4) is 0 Å². The summed E-state index contributed by atoms with van der Waals surface area (Å²) in [6, 6.07) is 10.5. The van der Waals surface area contributed by atoms with E-state index in [0.29, 0.717) is 0 Å². The van der Waals surface area contributed by atoms with Crippen LogP contribution in [0.25, 0.3) is 0 Å². The number of nitrogens with one attached hydrogen (secondary N) is 1. The first kappa shape index (κ1) is 13.2. The maximum atomic E-state index is 9.24. The Labute approximate surface area is 98.7 Å². The van der Waals surface area contributed by atoms with Crippen LogP contribution in [0.3, 0.4) is 0 Å². The lowest BCUT2D eigenvalue weighted by atomic mass is 10.00. The third-order valence-corrected chi connectivity index (χ3v) is 3.17. The molecule has 0 spiro atoms. The molecule has 1 unspecified atom stereocenters. The fourth-order valence-corrected chi connectivity index (χ4v) is 1.62. The monoisotopic (exact) mass is 221 g/mol. The largest absolute Gasteiger partial charge is 0.394 e. The minimum absolute atomic E-state index is 0.114. The molecule has 2 heteroatoms. The highest BCUT2D eigenvalue weighted by Gasteiger charge is 2.18. The lowest BCUT2D eigenvalue weighted by molar-refractivity contribution is 0.170. The summed E-state index contributed by atoms with van der Waals surface area (Å²) >= 11 is 0. The van der Waals surface area contributed by atoms with Gasteiger partial charge in [-0.25, -0.2) is 0 Å². The third kappa shape index (κ3) is 4.33. The van der Waals surface area contributed by atoms with E-state index in [1.807, 2.05) is 6.07 Å². The van der Waals surface area contributed by atoms with Crippen LogP contribution in [-0.2, 0) is 6.42 Å². The molecule has 1 rings (SSSR count). The molecule has 16 heavy (non-hydrogen) atoms. The number of aliphatic hydroxyl groups is 1. The van der Waals surface area contributed by atoms with Gasteiger partial charge in [-0.2, -0.15) is 0 Å². The van der Waals surface area contributed by atoms with Crippen molar-refractivity contribution < 1.29 is 5.11 Å². The van der Waals surface area contributed by atoms with Crippen molar-refractivity contribution in [1.29, 1.82) is 0 Å². The van der Waals surface area contributed by atoms with Gasteiger partial charge in [0.15, 0.2) is 0 Å². The van der Waals surface area contributed by atoms with Gasteiger partial charge in [0.25, 0.3) is 0 Å². The van der Waals surface area contributed by atoms with Crippen molar-refractivity contribution in [2.45, 2.75) is 38.6 Å². The molecule has 1 atom stereocenters. The van der Waals surface area contributed by atoms with Gasteiger partial charge >= 0.3 is 0 Å². The smallest absolute Gasteiger partial charge is 0.0610 e. The lowest BCUT2D eigenvalue weighted by Gasteiger charge is -2.27. The summed E-state index contributed by atoms with van der Waals surface area (Å²) in [6.45, 7) is 5.32. The van der Waals surface area contributed by atoms with Crippen LogP contribution in [0.4, 0.5) is 0 Å². The van der Waals surface area contributed by atoms with E-state index in [4.69, 9.17) is 0 Å². The number of hydrogen-bond donors (Lipinski definition) is 2. The summed E-state index contributed by atoms with van der Waals surface area (Å²) in [7, 11) is 0. The molecule has 0 fully saturated rings. The number of rotatable bonds is 7. The molecule has 1 aromatic carbocycles. The van der Waals surface area contributed by atoms with Gasteiger partial charge in [0.2, 0.25) is 0 Å². The summed E-state index contributed by atoms with van der Waals surface area (Å²) in [5, 5.41) is 12.7. The van der Waals surface area contributed by atoms with E-state index in [1.54, 1.807) is 0 Å². The Kier molecular flexibility index (Phi) is 5.50. The molecule has 2 N–H and O–H groups in total. The maximum Gasteiger partial charge on any atom is 0.0610 e. The van der Waals surface area contributed by atoms with Crippen LogP contribution in [0.2, 0.25) is 0 Å². The molecule has 2 nitrogen and oxygen atoms in total. The molecule has 0 aliphatic rings. The standard InChI is InChI=1S/C14H23NO/c1-3-14(2,12-16)15-11-7-10-13-8-5-4-6-9-13/h4-6,8-9,15-16H,3,7,10-12H2,1-2H3. The van der Waals surface area contributed by atoms with Crippen molar-refractivity contribution in [2.24, 2.45) is 0 Å². The molecule has 1 aromatic rings. The Hall–Kier alpha value is -0.860. The number of aliphatic hydroxyl groups excluding tert-OH is 1. The lowest BCUT2D eigenvalue weighted by Crippen LogP contribution is -2.45. The first-order chi connectivity index (χ1) is 7.70. The van der Waals surface area contributed by atoms with Crippen LogP contribution >= 0.6 is 0 Å². The van der Waals surface area contributed by atoms with E-state index < -0.39 is 0 Å². The molecular weight excluding hydrogens is 198 g/mol. The van der Waals surface area contributed by atoms with Crippen molar-refractivity contribution in [3.05, 3.63) is 35.9 Å². The first-order valence-electron chi connectivity index (χ1n) is 6.10. The van der Waals surface area contributed by atoms with Gasteiger partial charge in [0.1, 0.15) is 0 Å². The summed E-state index contributed by atoms with van der Waals surface area (Å²) < 4.78 is 0. The Morgan fingerprint density at radius 2 is 1.94 bits per heavy atom. The molecule has 0 aliphatic carbocycles. The van der Waals surface area contributed by atoms with E-state index in [-0.39, 0.29) is 12.1 Å². The maximum absolute atomic E-state index is 9.24. The second-order valence-electron chi connectivity index (χ2n) is 4.59. The van der Waals surface area contributed by atoms with E-state index in [2.05, 4.69) is 43.4 Å². The highest BCUT2D eigenvalue weighted by atomic mass is 16.3. The normalized spacial score (nSPS) is 14.7. The minimum Gasteiger partial charge on any atom is -0.394 e. The molecule has 90 valence electrons. The molecule has 0 aliphatic heterocycles. The second kappa shape index (κ2) is 6.66. The summed E-state index contributed by atoms with van der Waals surface area (Å²) in [5.41, 5.74) is 1.27. The molecule has 0 amide bonds. The molecular formula is C14H23NO. The Balaban J connectivity index is 2.22. The summed E-state index contributed by atoms with van der Waals surface area (Å²) in [6.07, 6.45) is 3.16. The molecule has 0 aromatic heterocycles. The Morgan fingerprint density at radius 1 is 1.25 bits per heavy atom. The summed E-state index contributed by atoms with van der Waals surface area (Å²) in [5.74, 6) is 0. The fourth-order valence-electron chi connectivity index (χ4n) is 1.62. The predicted molar refractivity (Wildman–Crippen MR) is 68.5 cm³/mol. The van der Waals surface area contributed by atoms with Gasteiger partial charge in [-0.3, -0.25) is 0 Å². The number of aryl methyl sites for hydroxylation is 1. The van der Waals surface area contributed by atoms with Gasteiger partial charge in [0, 0.05) is 5.54 Å². The number of hydrogen-bond acceptors (Lipinski definition) is 2. The first-order valence-corrected chi connectivity index (χ1v) is 6.10. The van der Waals surface area contributed by atoms with Crippen LogP contribution in [-0.4, -0.2) is 23.8 Å². The van der Waals surface area contributed by atoms with Crippen LogP contribution in [0.15, 0.2) is 30.3 Å². The van der Waals surface area contributed by atoms with Gasteiger partial charge in [-0.15, -0.1) is 0 Å². The molecule has 0 bridgehead atoms. The Morgan fingerprint density at radius 3 is 2.50 bits per heavy atom. The van der Waals surface area contributed by atoms with Crippen LogP contribution in [0.5, 0.6) is 0 Å². The topological polar surface area (TPSA) is 32.3 Å². The highest BCUT2D eigenvalue weighted by molar-refractivity contribution is 5.14. The van der Waals surface area contributed by atoms with Crippen molar-refractivity contribution >= 4 is 0 Å². The molecule has 0 radical (unpaired) electrons. The average Bonchev–Trinajstić information content (AvgIpc) is 2.36. The van der Waals surface area contributed by atoms with E-state index in [9.17, 15) is 5.11 Å². The summed E-state index contributed by atoms with van der Waals surface area (Å²) in [4.78, 5) is 0. The zero-order valence-electron chi connectivity index (χ0n) is 10.4. The van der Waals surface area contributed by atoms with Gasteiger partial charge < -0.3 is 10.4 Å². The Bertz CT molecular complexity index is 280. The zero-order chi connectivity index (χ0) is 11.9. The van der Waals surface area contributed by atoms with Crippen LogP contribution in [0.1, 0.15) is 32.3 Å². The predicted octanol–water partition coefficient (Wildman–Crippen LogP) is 2.37. The molecule has 0 saturated heterocycles. The zero-order valence-corrected chi connectivity index (χ0v) is 10.4. The van der Waals surface area contributed by atoms with Gasteiger partial charge in [-0.1, -0.05) is 37.3 Å². The SMILES string of the molecule is CCC(C)(CO)NCCCc1ccccc1. The molecule has 0 heterocycles. The van der Waals surface area contributed by atoms with Crippen molar-refractivity contribution in [3.63, 3.8) is 0 Å². The highest BCUT2D eigenvalue weighted by Crippen LogP contribution is 2.08.